The van der Waals surface area contributed by atoms with Crippen LogP contribution in [0.1, 0.15) is 38.5 Å². The maximum atomic E-state index is 12.8. The van der Waals surface area contributed by atoms with E-state index in [0.717, 1.165) is 54.0 Å². The summed E-state index contributed by atoms with van der Waals surface area (Å²) in [6, 6.07) is 11.8. The molecule has 0 saturated carbocycles. The number of pyridine rings is 1. The highest BCUT2D eigenvalue weighted by Gasteiger charge is 2.12. The topological polar surface area (TPSA) is 57.8 Å². The molecule has 0 unspecified atom stereocenters. The minimum absolute atomic E-state index is 0.0931. The van der Waals surface area contributed by atoms with Gasteiger partial charge in [0.2, 0.25) is 0 Å². The van der Waals surface area contributed by atoms with Gasteiger partial charge in [-0.3, -0.25) is 14.6 Å². The number of aromatic nitrogens is 1. The molecule has 0 amide bonds. The van der Waals surface area contributed by atoms with E-state index < -0.39 is 0 Å². The van der Waals surface area contributed by atoms with Crippen LogP contribution >= 0.6 is 0 Å². The molecular weight excluding hydrogens is 414 g/mol. The van der Waals surface area contributed by atoms with E-state index in [2.05, 4.69) is 14.8 Å². The first-order valence-corrected chi connectivity index (χ1v) is 12.6. The number of H-pyrrole nitrogens is 1. The van der Waals surface area contributed by atoms with Gasteiger partial charge in [0.15, 0.2) is 0 Å². The molecule has 2 aliphatic rings. The van der Waals surface area contributed by atoms with Crippen molar-refractivity contribution >= 4 is 21.7 Å². The van der Waals surface area contributed by atoms with E-state index in [4.69, 9.17) is 9.47 Å². The molecule has 0 spiro atoms. The van der Waals surface area contributed by atoms with Crippen molar-refractivity contribution < 1.29 is 9.47 Å². The molecular formula is C27H35N3O3. The first-order chi connectivity index (χ1) is 16.3. The fraction of sp³-hybridized carbons (Fsp3) is 0.519. The van der Waals surface area contributed by atoms with Crippen molar-refractivity contribution in [3.63, 3.8) is 0 Å². The van der Waals surface area contributed by atoms with Gasteiger partial charge in [-0.25, -0.2) is 0 Å². The molecule has 5 rings (SSSR count). The number of ether oxygens (including phenoxy) is 2. The second-order valence-corrected chi connectivity index (χ2v) is 9.37. The van der Waals surface area contributed by atoms with Crippen molar-refractivity contribution in [2.24, 2.45) is 0 Å². The Labute approximate surface area is 195 Å². The van der Waals surface area contributed by atoms with Crippen LogP contribution in [0.5, 0.6) is 11.5 Å². The zero-order valence-electron chi connectivity index (χ0n) is 19.5. The Kier molecular flexibility index (Phi) is 7.12. The van der Waals surface area contributed by atoms with Gasteiger partial charge in [0, 0.05) is 24.5 Å². The van der Waals surface area contributed by atoms with Crippen LogP contribution in [-0.2, 0) is 0 Å². The molecule has 0 bridgehead atoms. The van der Waals surface area contributed by atoms with Crippen LogP contribution in [0.2, 0.25) is 0 Å². The van der Waals surface area contributed by atoms with Gasteiger partial charge in [-0.2, -0.15) is 0 Å². The highest BCUT2D eigenvalue weighted by molar-refractivity contribution is 6.05. The van der Waals surface area contributed by atoms with Crippen molar-refractivity contribution in [3.8, 4) is 11.5 Å². The Morgan fingerprint density at radius 2 is 1.21 bits per heavy atom. The average molecular weight is 450 g/mol. The van der Waals surface area contributed by atoms with Gasteiger partial charge in [-0.05, 0) is 87.6 Å². The van der Waals surface area contributed by atoms with Gasteiger partial charge in [0.1, 0.15) is 24.7 Å². The minimum atomic E-state index is -0.0931. The highest BCUT2D eigenvalue weighted by Crippen LogP contribution is 2.27. The molecule has 3 heterocycles. The minimum Gasteiger partial charge on any atom is -0.492 e. The molecule has 0 radical (unpaired) electrons. The van der Waals surface area contributed by atoms with E-state index in [-0.39, 0.29) is 5.56 Å². The first kappa shape index (κ1) is 22.2. The Morgan fingerprint density at radius 1 is 0.667 bits per heavy atom. The molecule has 2 aromatic carbocycles. The lowest BCUT2D eigenvalue weighted by Crippen LogP contribution is -2.33. The Bertz CT molecular complexity index is 1130. The van der Waals surface area contributed by atoms with Gasteiger partial charge in [-0.15, -0.1) is 0 Å². The fourth-order valence-corrected chi connectivity index (χ4v) is 5.13. The standard InChI is InChI=1S/C27H35N3O3/c31-27-25-19-21(32-17-15-29-11-3-1-4-12-29)7-9-23(25)24-10-8-22(20-26(24)28-27)33-18-16-30-13-5-2-6-14-30/h7-10,19-20H,1-6,11-18H2,(H,28,31). The van der Waals surface area contributed by atoms with Gasteiger partial charge in [-0.1, -0.05) is 12.8 Å². The Hall–Kier alpha value is -2.57. The van der Waals surface area contributed by atoms with Crippen LogP contribution < -0.4 is 15.0 Å². The molecule has 0 atom stereocenters. The summed E-state index contributed by atoms with van der Waals surface area (Å²) in [5.74, 6) is 1.55. The van der Waals surface area contributed by atoms with Crippen molar-refractivity contribution in [1.82, 2.24) is 14.8 Å². The van der Waals surface area contributed by atoms with Crippen LogP contribution in [0.4, 0.5) is 0 Å². The maximum absolute atomic E-state index is 12.8. The van der Waals surface area contributed by atoms with E-state index in [1.807, 2.05) is 36.4 Å². The number of rotatable bonds is 8. The number of hydrogen-bond acceptors (Lipinski definition) is 5. The predicted molar refractivity (Wildman–Crippen MR) is 134 cm³/mol. The zero-order valence-corrected chi connectivity index (χ0v) is 19.5. The van der Waals surface area contributed by atoms with Gasteiger partial charge in [0.25, 0.3) is 5.56 Å². The normalized spacial score (nSPS) is 18.1. The number of piperidine rings is 2. The van der Waals surface area contributed by atoms with Crippen LogP contribution in [0.3, 0.4) is 0 Å². The number of benzene rings is 2. The SMILES string of the molecule is O=c1[nH]c2cc(OCCN3CCCCC3)ccc2c2ccc(OCCN3CCCCC3)cc12. The van der Waals surface area contributed by atoms with E-state index in [1.54, 1.807) is 0 Å². The fourth-order valence-electron chi connectivity index (χ4n) is 5.13. The third-order valence-corrected chi connectivity index (χ3v) is 7.01. The summed E-state index contributed by atoms with van der Waals surface area (Å²) in [6.07, 6.45) is 7.82. The van der Waals surface area contributed by atoms with Crippen molar-refractivity contribution in [2.45, 2.75) is 38.5 Å². The van der Waals surface area contributed by atoms with E-state index in [1.165, 1.54) is 51.6 Å². The quantitative estimate of drug-likeness (QED) is 0.516. The number of hydrogen-bond donors (Lipinski definition) is 1. The summed E-state index contributed by atoms with van der Waals surface area (Å²) < 4.78 is 12.0. The Morgan fingerprint density at radius 3 is 1.82 bits per heavy atom. The van der Waals surface area contributed by atoms with Gasteiger partial charge < -0.3 is 14.5 Å². The number of likely N-dealkylation sites (tertiary alicyclic amines) is 2. The van der Waals surface area contributed by atoms with Gasteiger partial charge in [0.05, 0.1) is 10.9 Å². The lowest BCUT2D eigenvalue weighted by atomic mass is 10.1. The summed E-state index contributed by atoms with van der Waals surface area (Å²) in [5.41, 5.74) is 0.714. The number of nitrogens with one attached hydrogen (secondary N) is 1. The first-order valence-electron chi connectivity index (χ1n) is 12.6. The van der Waals surface area contributed by atoms with Crippen molar-refractivity contribution in [3.05, 3.63) is 46.8 Å². The smallest absolute Gasteiger partial charge is 0.256 e. The number of nitrogens with zero attached hydrogens (tertiary/aromatic N) is 2. The molecule has 1 N–H and O–H groups in total. The number of fused-ring (bicyclic) bond motifs is 3. The maximum Gasteiger partial charge on any atom is 0.256 e. The lowest BCUT2D eigenvalue weighted by molar-refractivity contribution is 0.183. The van der Waals surface area contributed by atoms with Gasteiger partial charge >= 0.3 is 0 Å². The summed E-state index contributed by atoms with van der Waals surface area (Å²) in [5, 5.41) is 2.63. The van der Waals surface area contributed by atoms with Crippen LogP contribution in [0.15, 0.2) is 41.2 Å². The van der Waals surface area contributed by atoms with E-state index in [0.29, 0.717) is 18.6 Å². The lowest BCUT2D eigenvalue weighted by Gasteiger charge is -2.26. The van der Waals surface area contributed by atoms with Crippen molar-refractivity contribution in [1.29, 1.82) is 0 Å². The molecule has 3 aromatic rings. The third kappa shape index (κ3) is 5.50. The van der Waals surface area contributed by atoms with E-state index in [9.17, 15) is 4.79 Å². The third-order valence-electron chi connectivity index (χ3n) is 7.01. The van der Waals surface area contributed by atoms with Crippen molar-refractivity contribution in [2.75, 3.05) is 52.5 Å². The summed E-state index contributed by atoms with van der Waals surface area (Å²) in [4.78, 5) is 20.8. The second kappa shape index (κ2) is 10.6. The molecule has 2 aliphatic heterocycles. The molecule has 33 heavy (non-hydrogen) atoms. The molecule has 1 aromatic heterocycles. The molecule has 2 fully saturated rings. The van der Waals surface area contributed by atoms with Crippen LogP contribution in [-0.4, -0.2) is 67.3 Å². The summed E-state index contributed by atoms with van der Waals surface area (Å²) >= 11 is 0. The molecule has 2 saturated heterocycles. The predicted octanol–water partition coefficient (Wildman–Crippen LogP) is 4.41. The Balaban J connectivity index is 1.25. The summed E-state index contributed by atoms with van der Waals surface area (Å²) in [7, 11) is 0. The monoisotopic (exact) mass is 449 g/mol. The molecule has 176 valence electrons. The average Bonchev–Trinajstić information content (AvgIpc) is 2.85. The molecule has 6 nitrogen and oxygen atoms in total. The van der Waals surface area contributed by atoms with Crippen LogP contribution in [0, 0.1) is 0 Å². The van der Waals surface area contributed by atoms with Crippen LogP contribution in [0.25, 0.3) is 21.7 Å². The number of aromatic amines is 1. The second-order valence-electron chi connectivity index (χ2n) is 9.37. The van der Waals surface area contributed by atoms with E-state index >= 15 is 0 Å². The molecule has 6 heteroatoms. The summed E-state index contributed by atoms with van der Waals surface area (Å²) in [6.45, 7) is 7.87. The zero-order chi connectivity index (χ0) is 22.5. The molecule has 0 aliphatic carbocycles. The highest BCUT2D eigenvalue weighted by atomic mass is 16.5. The largest absolute Gasteiger partial charge is 0.492 e.